The molecule has 0 atom stereocenters. The highest BCUT2D eigenvalue weighted by Crippen LogP contribution is 2.30. The van der Waals surface area contributed by atoms with Crippen LogP contribution >= 0.6 is 15.9 Å². The molecule has 0 fully saturated rings. The Balaban J connectivity index is 1.51. The summed E-state index contributed by atoms with van der Waals surface area (Å²) in [4.78, 5) is 4.47. The lowest BCUT2D eigenvalue weighted by molar-refractivity contribution is 0.918. The first kappa shape index (κ1) is 18.3. The normalized spacial score (nSPS) is 13.1. The Kier molecular flexibility index (Phi) is 5.03. The molecule has 0 saturated carbocycles. The number of nitrogens with zero attached hydrogens (tertiary/aromatic N) is 1. The zero-order valence-corrected chi connectivity index (χ0v) is 17.8. The molecule has 142 valence electrons. The Bertz CT molecular complexity index is 1150. The van der Waals surface area contributed by atoms with E-state index in [1.807, 2.05) is 18.3 Å². The van der Waals surface area contributed by atoms with Crippen LogP contribution in [0, 0.1) is 0 Å². The van der Waals surface area contributed by atoms with E-state index in [4.69, 9.17) is 0 Å². The third kappa shape index (κ3) is 3.90. The topological polar surface area (TPSA) is 12.9 Å². The van der Waals surface area contributed by atoms with E-state index in [1.165, 1.54) is 37.9 Å². The lowest BCUT2D eigenvalue weighted by Gasteiger charge is -2.16. The van der Waals surface area contributed by atoms with Crippen molar-refractivity contribution in [3.8, 4) is 22.4 Å². The minimum atomic E-state index is 1.02. The van der Waals surface area contributed by atoms with Gasteiger partial charge in [-0.15, -0.1) is 0 Å². The highest BCUT2D eigenvalue weighted by Gasteiger charge is 2.11. The van der Waals surface area contributed by atoms with Crippen LogP contribution in [0.15, 0.2) is 89.5 Å². The number of rotatable bonds is 2. The van der Waals surface area contributed by atoms with Gasteiger partial charge in [-0.2, -0.15) is 0 Å². The predicted molar refractivity (Wildman–Crippen MR) is 124 cm³/mol. The molecule has 1 nitrogen and oxygen atoms in total. The zero-order valence-electron chi connectivity index (χ0n) is 16.2. The summed E-state index contributed by atoms with van der Waals surface area (Å²) >= 11 is 3.76. The third-order valence-corrected chi connectivity index (χ3v) is 6.55. The SMILES string of the molecule is Brc1cc2ccc1CCc1ccc(c(-c3ccc(-c4ccccn4)cc3)c1)CC2. The number of pyridine rings is 1. The maximum atomic E-state index is 4.47. The van der Waals surface area contributed by atoms with Crippen LogP contribution in [0.4, 0.5) is 0 Å². The van der Waals surface area contributed by atoms with Gasteiger partial charge < -0.3 is 0 Å². The van der Waals surface area contributed by atoms with Crippen molar-refractivity contribution in [1.82, 2.24) is 4.98 Å². The van der Waals surface area contributed by atoms with Gasteiger partial charge in [-0.25, -0.2) is 0 Å². The Morgan fingerprint density at radius 3 is 2.03 bits per heavy atom. The average molecular weight is 440 g/mol. The average Bonchev–Trinajstić information content (AvgIpc) is 2.77. The summed E-state index contributed by atoms with van der Waals surface area (Å²) in [6.45, 7) is 0. The lowest BCUT2D eigenvalue weighted by Crippen LogP contribution is -2.01. The van der Waals surface area contributed by atoms with Gasteiger partial charge >= 0.3 is 0 Å². The second-order valence-corrected chi connectivity index (χ2v) is 8.56. The van der Waals surface area contributed by atoms with Crippen LogP contribution in [0.5, 0.6) is 0 Å². The van der Waals surface area contributed by atoms with Crippen LogP contribution in [0.3, 0.4) is 0 Å². The van der Waals surface area contributed by atoms with Gasteiger partial charge in [-0.3, -0.25) is 4.98 Å². The fraction of sp³-hybridized carbons (Fsp3) is 0.148. The molecular weight excluding hydrogens is 418 g/mol. The molecule has 1 heterocycles. The van der Waals surface area contributed by atoms with Gasteiger partial charge in [-0.05, 0) is 77.3 Å². The molecule has 1 aromatic heterocycles. The molecular formula is C27H22BrN. The van der Waals surface area contributed by atoms with E-state index in [9.17, 15) is 0 Å². The smallest absolute Gasteiger partial charge is 0.0701 e. The van der Waals surface area contributed by atoms with Crippen molar-refractivity contribution in [2.45, 2.75) is 25.7 Å². The second-order valence-electron chi connectivity index (χ2n) is 7.71. The van der Waals surface area contributed by atoms with Crippen LogP contribution < -0.4 is 0 Å². The van der Waals surface area contributed by atoms with Crippen molar-refractivity contribution in [2.75, 3.05) is 0 Å². The summed E-state index contributed by atoms with van der Waals surface area (Å²) in [5.74, 6) is 0. The molecule has 29 heavy (non-hydrogen) atoms. The van der Waals surface area contributed by atoms with E-state index in [0.717, 1.165) is 36.9 Å². The highest BCUT2D eigenvalue weighted by atomic mass is 79.9. The summed E-state index contributed by atoms with van der Waals surface area (Å²) in [5, 5.41) is 0. The molecule has 4 aliphatic carbocycles. The molecule has 4 aromatic rings. The van der Waals surface area contributed by atoms with Crippen molar-refractivity contribution >= 4 is 15.9 Å². The summed E-state index contributed by atoms with van der Waals surface area (Å²) in [6.07, 6.45) is 6.05. The Labute approximate surface area is 180 Å². The molecule has 8 rings (SSSR count). The van der Waals surface area contributed by atoms with E-state index in [0.29, 0.717) is 0 Å². The van der Waals surface area contributed by atoms with Gasteiger partial charge in [-0.1, -0.05) is 76.6 Å². The van der Waals surface area contributed by atoms with Gasteiger partial charge in [0.05, 0.1) is 5.69 Å². The van der Waals surface area contributed by atoms with Gasteiger partial charge in [0, 0.05) is 16.2 Å². The summed E-state index contributed by atoms with van der Waals surface area (Å²) in [6, 6.07) is 28.8. The lowest BCUT2D eigenvalue weighted by atomic mass is 9.90. The first-order valence-corrected chi connectivity index (χ1v) is 11.0. The van der Waals surface area contributed by atoms with Crippen LogP contribution in [-0.4, -0.2) is 4.98 Å². The zero-order chi connectivity index (χ0) is 19.6. The van der Waals surface area contributed by atoms with E-state index in [1.54, 1.807) is 0 Å². The van der Waals surface area contributed by atoms with Crippen molar-refractivity contribution in [1.29, 1.82) is 0 Å². The summed E-state index contributed by atoms with van der Waals surface area (Å²) in [5.41, 5.74) is 10.4. The number of halogens is 1. The molecule has 0 spiro atoms. The summed E-state index contributed by atoms with van der Waals surface area (Å²) in [7, 11) is 0. The van der Waals surface area contributed by atoms with Crippen molar-refractivity contribution in [3.05, 3.63) is 112 Å². The summed E-state index contributed by atoms with van der Waals surface area (Å²) < 4.78 is 1.25. The van der Waals surface area contributed by atoms with Crippen molar-refractivity contribution < 1.29 is 0 Å². The fourth-order valence-corrected chi connectivity index (χ4v) is 4.75. The second kappa shape index (κ2) is 7.96. The Hall–Kier alpha value is -2.71. The Morgan fingerprint density at radius 2 is 1.31 bits per heavy atom. The highest BCUT2D eigenvalue weighted by molar-refractivity contribution is 9.10. The van der Waals surface area contributed by atoms with Gasteiger partial charge in [0.25, 0.3) is 0 Å². The number of aromatic nitrogens is 1. The number of hydrogen-bond acceptors (Lipinski definition) is 1. The van der Waals surface area contributed by atoms with Crippen LogP contribution in [0.2, 0.25) is 0 Å². The van der Waals surface area contributed by atoms with Crippen LogP contribution in [0.25, 0.3) is 22.4 Å². The third-order valence-electron chi connectivity index (χ3n) is 5.81. The quantitative estimate of drug-likeness (QED) is 0.325. The van der Waals surface area contributed by atoms with Crippen LogP contribution in [0.1, 0.15) is 22.3 Å². The molecule has 0 saturated heterocycles. The molecule has 3 aromatic carbocycles. The largest absolute Gasteiger partial charge is 0.256 e. The van der Waals surface area contributed by atoms with Crippen molar-refractivity contribution in [2.24, 2.45) is 0 Å². The minimum absolute atomic E-state index is 1.02. The van der Waals surface area contributed by atoms with Gasteiger partial charge in [0.2, 0.25) is 0 Å². The molecule has 4 bridgehead atoms. The van der Waals surface area contributed by atoms with Crippen molar-refractivity contribution in [3.63, 3.8) is 0 Å². The van der Waals surface area contributed by atoms with Crippen LogP contribution in [-0.2, 0) is 25.7 Å². The minimum Gasteiger partial charge on any atom is -0.256 e. The maximum absolute atomic E-state index is 4.47. The molecule has 2 heteroatoms. The van der Waals surface area contributed by atoms with E-state index in [-0.39, 0.29) is 0 Å². The predicted octanol–water partition coefficient (Wildman–Crippen LogP) is 7.06. The molecule has 0 N–H and O–H groups in total. The van der Waals surface area contributed by atoms with E-state index in [2.05, 4.69) is 87.6 Å². The fourth-order valence-electron chi connectivity index (χ4n) is 4.13. The monoisotopic (exact) mass is 439 g/mol. The van der Waals surface area contributed by atoms with E-state index < -0.39 is 0 Å². The molecule has 0 radical (unpaired) electrons. The number of benzene rings is 3. The standard InChI is InChI=1S/C27H22BrN/c28-26-18-20-5-9-21-8-4-19(6-10-23(26)11-7-20)17-25(21)22-12-14-24(15-13-22)27-3-1-2-16-29-27/h1-4,7-8,11-18H,5-6,9-10H2. The first-order valence-electron chi connectivity index (χ1n) is 10.2. The Morgan fingerprint density at radius 1 is 0.621 bits per heavy atom. The van der Waals surface area contributed by atoms with E-state index >= 15 is 0 Å². The molecule has 4 aliphatic rings. The molecule has 0 aliphatic heterocycles. The van der Waals surface area contributed by atoms with Gasteiger partial charge in [0.1, 0.15) is 0 Å². The number of aryl methyl sites for hydroxylation is 4. The first-order chi connectivity index (χ1) is 14.3. The van der Waals surface area contributed by atoms with Gasteiger partial charge in [0.15, 0.2) is 0 Å². The molecule has 0 amide bonds. The molecule has 0 unspecified atom stereocenters. The maximum Gasteiger partial charge on any atom is 0.0701 e. The number of hydrogen-bond donors (Lipinski definition) is 0.